The van der Waals surface area contributed by atoms with Gasteiger partial charge in [0.15, 0.2) is 0 Å². The maximum atomic E-state index is 13.1. The van der Waals surface area contributed by atoms with Gasteiger partial charge in [0.1, 0.15) is 17.2 Å². The number of halogens is 4. The van der Waals surface area contributed by atoms with E-state index in [4.69, 9.17) is 31.4 Å². The van der Waals surface area contributed by atoms with Gasteiger partial charge in [0.2, 0.25) is 6.10 Å². The Kier molecular flexibility index (Phi) is 4.72. The highest BCUT2D eigenvalue weighted by Crippen LogP contribution is 2.42. The van der Waals surface area contributed by atoms with Crippen molar-refractivity contribution in [2.24, 2.45) is 0 Å². The molecule has 1 heterocycles. The quantitative estimate of drug-likeness (QED) is 0.807. The van der Waals surface area contributed by atoms with Crippen molar-refractivity contribution in [2.75, 3.05) is 0 Å². The van der Waals surface area contributed by atoms with Crippen LogP contribution in [0.1, 0.15) is 11.1 Å². The molecule has 1 N–H and O–H groups in total. The molecule has 27 heavy (non-hydrogen) atoms. The number of rotatable bonds is 3. The van der Waals surface area contributed by atoms with Crippen molar-refractivity contribution < 1.29 is 32.5 Å². The standard InChI is InChI=1S/C18H9ClF3NO4/c19-13-6-10-5-12(17(24)25)16(18(20,21)22)27-14(10)7-15(13)26-11-3-1-9(8-23)2-4-11/h1-7,16H,(H,24,25)/t16-/m0/s1. The average molecular weight is 396 g/mol. The van der Waals surface area contributed by atoms with Crippen molar-refractivity contribution >= 4 is 23.6 Å². The Morgan fingerprint density at radius 2 is 1.93 bits per heavy atom. The molecule has 0 bridgehead atoms. The van der Waals surface area contributed by atoms with Crippen molar-refractivity contribution in [1.29, 1.82) is 5.26 Å². The van der Waals surface area contributed by atoms with Crippen LogP contribution < -0.4 is 9.47 Å². The molecule has 1 atom stereocenters. The molecule has 0 unspecified atom stereocenters. The van der Waals surface area contributed by atoms with Crippen LogP contribution in [0.4, 0.5) is 13.2 Å². The van der Waals surface area contributed by atoms with Crippen LogP contribution in [0.3, 0.4) is 0 Å². The summed E-state index contributed by atoms with van der Waals surface area (Å²) in [6.07, 6.45) is -6.64. The maximum absolute atomic E-state index is 13.1. The lowest BCUT2D eigenvalue weighted by Gasteiger charge is -2.27. The molecule has 0 aliphatic carbocycles. The summed E-state index contributed by atoms with van der Waals surface area (Å²) < 4.78 is 49.8. The fraction of sp³-hybridized carbons (Fsp3) is 0.111. The molecule has 9 heteroatoms. The Morgan fingerprint density at radius 3 is 2.48 bits per heavy atom. The Bertz CT molecular complexity index is 978. The number of carboxylic acid groups (broad SMARTS) is 1. The minimum atomic E-state index is -4.91. The van der Waals surface area contributed by atoms with Gasteiger partial charge >= 0.3 is 12.1 Å². The third kappa shape index (κ3) is 3.83. The zero-order valence-corrected chi connectivity index (χ0v) is 14.0. The fourth-order valence-corrected chi connectivity index (χ4v) is 2.63. The summed E-state index contributed by atoms with van der Waals surface area (Å²) in [4.78, 5) is 11.1. The van der Waals surface area contributed by atoms with E-state index in [9.17, 15) is 18.0 Å². The van der Waals surface area contributed by atoms with E-state index < -0.39 is 23.8 Å². The van der Waals surface area contributed by atoms with E-state index in [1.165, 1.54) is 30.3 Å². The van der Waals surface area contributed by atoms with Crippen LogP contribution in [-0.2, 0) is 4.79 Å². The van der Waals surface area contributed by atoms with E-state index in [-0.39, 0.29) is 22.1 Å². The van der Waals surface area contributed by atoms with Gasteiger partial charge in [-0.3, -0.25) is 0 Å². The molecule has 0 spiro atoms. The van der Waals surface area contributed by atoms with E-state index in [0.29, 0.717) is 11.3 Å². The molecular weight excluding hydrogens is 387 g/mol. The highest BCUT2D eigenvalue weighted by molar-refractivity contribution is 6.32. The van der Waals surface area contributed by atoms with Crippen LogP contribution in [0.25, 0.3) is 6.08 Å². The molecule has 5 nitrogen and oxygen atoms in total. The largest absolute Gasteiger partial charge is 0.478 e. The molecule has 1 aliphatic rings. The molecule has 2 aromatic rings. The molecule has 138 valence electrons. The second-order valence-electron chi connectivity index (χ2n) is 5.50. The summed E-state index contributed by atoms with van der Waals surface area (Å²) in [6.45, 7) is 0. The molecule has 0 aromatic heterocycles. The number of benzene rings is 2. The van der Waals surface area contributed by atoms with Crippen molar-refractivity contribution in [1.82, 2.24) is 0 Å². The first kappa shape index (κ1) is 18.6. The highest BCUT2D eigenvalue weighted by Gasteiger charge is 2.48. The van der Waals surface area contributed by atoms with Crippen molar-refractivity contribution in [2.45, 2.75) is 12.3 Å². The minimum Gasteiger partial charge on any atom is -0.478 e. The van der Waals surface area contributed by atoms with Crippen LogP contribution in [0, 0.1) is 11.3 Å². The summed E-state index contributed by atoms with van der Waals surface area (Å²) in [7, 11) is 0. The van der Waals surface area contributed by atoms with Gasteiger partial charge in [-0.15, -0.1) is 0 Å². The van der Waals surface area contributed by atoms with Gasteiger partial charge in [-0.2, -0.15) is 18.4 Å². The number of ether oxygens (including phenoxy) is 2. The van der Waals surface area contributed by atoms with Crippen LogP contribution in [0.15, 0.2) is 42.0 Å². The zero-order chi connectivity index (χ0) is 19.8. The lowest BCUT2D eigenvalue weighted by molar-refractivity contribution is -0.187. The second kappa shape index (κ2) is 6.85. The van der Waals surface area contributed by atoms with Crippen LogP contribution in [0.5, 0.6) is 17.2 Å². The number of hydrogen-bond donors (Lipinski definition) is 1. The van der Waals surface area contributed by atoms with Gasteiger partial charge in [0.25, 0.3) is 0 Å². The number of fused-ring (bicyclic) bond motifs is 1. The minimum absolute atomic E-state index is 0.0215. The highest BCUT2D eigenvalue weighted by atomic mass is 35.5. The summed E-state index contributed by atoms with van der Waals surface area (Å²) in [5.41, 5.74) is -0.446. The predicted octanol–water partition coefficient (Wildman–Crippen LogP) is 4.80. The number of alkyl halides is 3. The second-order valence-corrected chi connectivity index (χ2v) is 5.91. The van der Waals surface area contributed by atoms with Gasteiger partial charge in [-0.1, -0.05) is 11.6 Å². The number of hydrogen-bond acceptors (Lipinski definition) is 4. The van der Waals surface area contributed by atoms with Gasteiger partial charge in [-0.25, -0.2) is 4.79 Å². The number of aliphatic carboxylic acids is 1. The summed E-state index contributed by atoms with van der Waals surface area (Å²) in [6, 6.07) is 10.3. The molecule has 0 saturated heterocycles. The summed E-state index contributed by atoms with van der Waals surface area (Å²) >= 11 is 6.09. The van der Waals surface area contributed by atoms with E-state index in [2.05, 4.69) is 0 Å². The van der Waals surface area contributed by atoms with Crippen LogP contribution in [-0.4, -0.2) is 23.4 Å². The molecule has 0 amide bonds. The van der Waals surface area contributed by atoms with E-state index >= 15 is 0 Å². The first-order valence-electron chi connectivity index (χ1n) is 7.39. The lowest BCUT2D eigenvalue weighted by atomic mass is 10.0. The average Bonchev–Trinajstić information content (AvgIpc) is 2.61. The van der Waals surface area contributed by atoms with Gasteiger partial charge < -0.3 is 14.6 Å². The number of carboxylic acids is 1. The maximum Gasteiger partial charge on any atom is 0.430 e. The molecule has 3 rings (SSSR count). The first-order chi connectivity index (χ1) is 12.7. The number of nitriles is 1. The topological polar surface area (TPSA) is 79.5 Å². The normalized spacial score (nSPS) is 15.8. The van der Waals surface area contributed by atoms with Crippen molar-refractivity contribution in [3.63, 3.8) is 0 Å². The smallest absolute Gasteiger partial charge is 0.430 e. The molecule has 2 aromatic carbocycles. The van der Waals surface area contributed by atoms with Crippen molar-refractivity contribution in [3.05, 3.63) is 58.1 Å². The van der Waals surface area contributed by atoms with E-state index in [0.717, 1.165) is 12.1 Å². The van der Waals surface area contributed by atoms with Gasteiger partial charge in [-0.05, 0) is 36.4 Å². The van der Waals surface area contributed by atoms with E-state index in [1.54, 1.807) is 0 Å². The Morgan fingerprint density at radius 1 is 1.26 bits per heavy atom. The fourth-order valence-electron chi connectivity index (χ4n) is 2.42. The zero-order valence-electron chi connectivity index (χ0n) is 13.2. The Balaban J connectivity index is 1.98. The predicted molar refractivity (Wildman–Crippen MR) is 88.8 cm³/mol. The monoisotopic (exact) mass is 395 g/mol. The van der Waals surface area contributed by atoms with Crippen LogP contribution >= 0.6 is 11.6 Å². The molecule has 0 fully saturated rings. The SMILES string of the molecule is N#Cc1ccc(Oc2cc3c(cc2Cl)C=C(C(=O)O)[C@@H](C(F)(F)F)O3)cc1. The third-order valence-electron chi connectivity index (χ3n) is 3.66. The molecule has 0 saturated carbocycles. The van der Waals surface area contributed by atoms with E-state index in [1.807, 2.05) is 6.07 Å². The van der Waals surface area contributed by atoms with Crippen LogP contribution in [0.2, 0.25) is 5.02 Å². The summed E-state index contributed by atoms with van der Waals surface area (Å²) in [5, 5.41) is 17.9. The van der Waals surface area contributed by atoms with Gasteiger partial charge in [0, 0.05) is 11.6 Å². The van der Waals surface area contributed by atoms with Gasteiger partial charge in [0.05, 0.1) is 22.2 Å². The first-order valence-corrected chi connectivity index (χ1v) is 7.76. The number of carbonyl (C=O) groups is 1. The lowest BCUT2D eigenvalue weighted by Crippen LogP contribution is -2.40. The Hall–Kier alpha value is -3.18. The number of nitrogens with zero attached hydrogens (tertiary/aromatic N) is 1. The molecular formula is C18H9ClF3NO4. The Labute approximate surface area is 155 Å². The van der Waals surface area contributed by atoms with Crippen molar-refractivity contribution in [3.8, 4) is 23.3 Å². The summed E-state index contributed by atoms with van der Waals surface area (Å²) in [5.74, 6) is -1.62. The third-order valence-corrected chi connectivity index (χ3v) is 3.95. The molecule has 1 aliphatic heterocycles. The molecule has 0 radical (unpaired) electrons.